The van der Waals surface area contributed by atoms with Crippen molar-refractivity contribution >= 4 is 22.7 Å². The lowest BCUT2D eigenvalue weighted by Gasteiger charge is -2.41. The molecule has 314 valence electrons. The van der Waals surface area contributed by atoms with Crippen molar-refractivity contribution in [2.24, 2.45) is 0 Å². The van der Waals surface area contributed by atoms with E-state index in [9.17, 15) is 0 Å². The van der Waals surface area contributed by atoms with Crippen LogP contribution in [0.2, 0.25) is 0 Å². The molecule has 8 aromatic rings. The fourth-order valence-corrected chi connectivity index (χ4v) is 11.2. The molecule has 4 nitrogen and oxygen atoms in total. The van der Waals surface area contributed by atoms with Crippen LogP contribution in [0.3, 0.4) is 0 Å². The Kier molecular flexibility index (Phi) is 10.8. The Bertz CT molecular complexity index is 3370. The number of nitrogens with zero attached hydrogens (tertiary/aromatic N) is 4. The molecule has 3 heterocycles. The Morgan fingerprint density at radius 1 is 0.591 bits per heavy atom. The van der Waals surface area contributed by atoms with Crippen LogP contribution in [0.15, 0.2) is 259 Å². The SMILES string of the molecule is C=C\C=C/C=C/C(C=C)=C/C=C/C1=CCC(c2nc(-c3ccccc3)nc(-c3cccc4c3Sc3c(-c5cccc6cccnc56)cccc3C43c4ccccc4-c4ccccc43)n2)C=C1. The summed E-state index contributed by atoms with van der Waals surface area (Å²) < 4.78 is 0. The summed E-state index contributed by atoms with van der Waals surface area (Å²) >= 11 is 1.82. The highest BCUT2D eigenvalue weighted by atomic mass is 32.2. The summed E-state index contributed by atoms with van der Waals surface area (Å²) in [6, 6.07) is 52.4. The zero-order chi connectivity index (χ0) is 44.5. The van der Waals surface area contributed by atoms with Gasteiger partial charge in [-0.3, -0.25) is 4.98 Å². The van der Waals surface area contributed by atoms with Gasteiger partial charge in [-0.1, -0.05) is 237 Å². The predicted octanol–water partition coefficient (Wildman–Crippen LogP) is 15.2. The molecule has 0 saturated heterocycles. The number of allylic oxidation sites excluding steroid dienone is 14. The maximum absolute atomic E-state index is 5.42. The second kappa shape index (κ2) is 17.5. The Morgan fingerprint density at radius 3 is 1.98 bits per heavy atom. The first kappa shape index (κ1) is 40.8. The summed E-state index contributed by atoms with van der Waals surface area (Å²) in [6.45, 7) is 7.71. The van der Waals surface area contributed by atoms with Crippen molar-refractivity contribution < 1.29 is 0 Å². The van der Waals surface area contributed by atoms with Crippen molar-refractivity contribution in [2.45, 2.75) is 27.5 Å². The third kappa shape index (κ3) is 7.05. The van der Waals surface area contributed by atoms with E-state index in [1.165, 1.54) is 38.3 Å². The lowest BCUT2D eigenvalue weighted by molar-refractivity contribution is 0.722. The van der Waals surface area contributed by atoms with Crippen molar-refractivity contribution in [1.82, 2.24) is 19.9 Å². The van der Waals surface area contributed by atoms with Gasteiger partial charge in [0.05, 0.1) is 10.9 Å². The first-order valence-corrected chi connectivity index (χ1v) is 23.1. The van der Waals surface area contributed by atoms with E-state index in [-0.39, 0.29) is 5.92 Å². The molecule has 3 aliphatic rings. The van der Waals surface area contributed by atoms with Crippen LogP contribution in [-0.4, -0.2) is 19.9 Å². The molecule has 5 heteroatoms. The lowest BCUT2D eigenvalue weighted by Crippen LogP contribution is -2.32. The van der Waals surface area contributed by atoms with Gasteiger partial charge < -0.3 is 0 Å². The number of aromatic nitrogens is 4. The zero-order valence-corrected chi connectivity index (χ0v) is 37.1. The second-order valence-corrected chi connectivity index (χ2v) is 17.5. The van der Waals surface area contributed by atoms with Crippen LogP contribution >= 0.6 is 11.8 Å². The van der Waals surface area contributed by atoms with Gasteiger partial charge in [-0.25, -0.2) is 15.0 Å². The third-order valence-electron chi connectivity index (χ3n) is 12.8. The number of hydrogen-bond donors (Lipinski definition) is 0. The first-order chi connectivity index (χ1) is 32.6. The van der Waals surface area contributed by atoms with E-state index < -0.39 is 5.41 Å². The van der Waals surface area contributed by atoms with Gasteiger partial charge in [0.1, 0.15) is 5.82 Å². The van der Waals surface area contributed by atoms with Gasteiger partial charge in [-0.15, -0.1) is 0 Å². The largest absolute Gasteiger partial charge is 0.256 e. The average Bonchev–Trinajstić information content (AvgIpc) is 3.67. The zero-order valence-electron chi connectivity index (χ0n) is 36.3. The minimum atomic E-state index is -0.605. The van der Waals surface area contributed by atoms with Gasteiger partial charge in [-0.2, -0.15) is 0 Å². The van der Waals surface area contributed by atoms with Gasteiger partial charge >= 0.3 is 0 Å². The highest BCUT2D eigenvalue weighted by molar-refractivity contribution is 7.99. The highest BCUT2D eigenvalue weighted by Gasteiger charge is 2.51. The molecule has 1 atom stereocenters. The van der Waals surface area contributed by atoms with Crippen LogP contribution in [0.4, 0.5) is 0 Å². The van der Waals surface area contributed by atoms with Crippen LogP contribution in [-0.2, 0) is 5.41 Å². The topological polar surface area (TPSA) is 51.6 Å². The van der Waals surface area contributed by atoms with Crippen LogP contribution in [0.5, 0.6) is 0 Å². The smallest absolute Gasteiger partial charge is 0.164 e. The number of rotatable bonds is 10. The van der Waals surface area contributed by atoms with Crippen molar-refractivity contribution in [3.8, 4) is 45.0 Å². The number of para-hydroxylation sites is 1. The van der Waals surface area contributed by atoms with E-state index in [2.05, 4.69) is 171 Å². The second-order valence-electron chi connectivity index (χ2n) is 16.5. The molecule has 0 radical (unpaired) electrons. The van der Waals surface area contributed by atoms with E-state index in [1.807, 2.05) is 72.6 Å². The normalized spacial score (nSPS) is 15.8. The molecule has 6 aromatic carbocycles. The number of hydrogen-bond acceptors (Lipinski definition) is 5. The molecule has 1 spiro atoms. The molecule has 0 saturated carbocycles. The van der Waals surface area contributed by atoms with Gasteiger partial charge in [-0.05, 0) is 62.6 Å². The molecule has 0 amide bonds. The maximum Gasteiger partial charge on any atom is 0.164 e. The minimum absolute atomic E-state index is 0.0384. The summed E-state index contributed by atoms with van der Waals surface area (Å²) in [5, 5.41) is 1.11. The fourth-order valence-electron chi connectivity index (χ4n) is 9.78. The summed E-state index contributed by atoms with van der Waals surface area (Å²) in [5.74, 6) is 2.02. The van der Waals surface area contributed by atoms with E-state index in [4.69, 9.17) is 19.9 Å². The van der Waals surface area contributed by atoms with E-state index in [0.29, 0.717) is 11.6 Å². The average molecular weight is 865 g/mol. The van der Waals surface area contributed by atoms with Gasteiger partial charge in [0.15, 0.2) is 11.6 Å². The summed E-state index contributed by atoms with van der Waals surface area (Å²) in [4.78, 5) is 23.3. The van der Waals surface area contributed by atoms with Crippen molar-refractivity contribution in [3.63, 3.8) is 0 Å². The fraction of sp³-hybridized carbons (Fsp3) is 0.0492. The quantitative estimate of drug-likeness (QED) is 0.128. The first-order valence-electron chi connectivity index (χ1n) is 22.3. The molecule has 11 rings (SSSR count). The van der Waals surface area contributed by atoms with Crippen molar-refractivity contribution in [3.05, 3.63) is 277 Å². The summed E-state index contributed by atoms with van der Waals surface area (Å²) in [7, 11) is 0. The van der Waals surface area contributed by atoms with E-state index >= 15 is 0 Å². The van der Waals surface area contributed by atoms with Gasteiger partial charge in [0, 0.05) is 44.0 Å². The van der Waals surface area contributed by atoms with E-state index in [0.717, 1.165) is 61.4 Å². The predicted molar refractivity (Wildman–Crippen MR) is 273 cm³/mol. The Labute approximate surface area is 390 Å². The van der Waals surface area contributed by atoms with E-state index in [1.54, 1.807) is 6.08 Å². The van der Waals surface area contributed by atoms with Crippen molar-refractivity contribution in [1.29, 1.82) is 0 Å². The Morgan fingerprint density at radius 2 is 1.24 bits per heavy atom. The number of benzene rings is 6. The molecular formula is C61H44N4S. The molecule has 0 bridgehead atoms. The standard InChI is InChI=1S/C61H44N4S/c1-3-5-6-8-20-41(4-2)21-15-22-42-36-38-45(39-37-42)59-63-58(44-23-9-7-10-24-44)64-60(65-59)50-31-18-35-54-57(50)66-56-49(48-29-16-25-43-26-19-40-62-55(43)48)30-17-34-53(56)61(54)51-32-13-11-27-46(51)47-28-12-14-33-52(47)61/h3-38,40,45H,1-2,39H2/b6-5-,20-8+,22-15+,41-21+. The summed E-state index contributed by atoms with van der Waals surface area (Å²) in [5.41, 5.74) is 14.3. The minimum Gasteiger partial charge on any atom is -0.256 e. The molecule has 0 N–H and O–H groups in total. The number of fused-ring (bicyclic) bond motifs is 10. The highest BCUT2D eigenvalue weighted by Crippen LogP contribution is 2.64. The molecular weight excluding hydrogens is 821 g/mol. The monoisotopic (exact) mass is 864 g/mol. The van der Waals surface area contributed by atoms with Crippen LogP contribution in [0, 0.1) is 0 Å². The lowest BCUT2D eigenvalue weighted by atomic mass is 9.66. The number of pyridine rings is 1. The van der Waals surface area contributed by atoms with Gasteiger partial charge in [0.2, 0.25) is 0 Å². The molecule has 2 aromatic heterocycles. The van der Waals surface area contributed by atoms with Gasteiger partial charge in [0.25, 0.3) is 0 Å². The van der Waals surface area contributed by atoms with Crippen molar-refractivity contribution in [2.75, 3.05) is 0 Å². The molecule has 0 fully saturated rings. The van der Waals surface area contributed by atoms with Crippen LogP contribution in [0.25, 0.3) is 55.9 Å². The molecule has 1 unspecified atom stereocenters. The summed E-state index contributed by atoms with van der Waals surface area (Å²) in [6.07, 6.45) is 27.0. The Balaban J connectivity index is 1.07. The molecule has 2 aliphatic carbocycles. The van der Waals surface area contributed by atoms with Crippen LogP contribution < -0.4 is 0 Å². The third-order valence-corrected chi connectivity index (χ3v) is 14.1. The Hall–Kier alpha value is -7.99. The maximum atomic E-state index is 5.42. The molecule has 1 aliphatic heterocycles. The van der Waals surface area contributed by atoms with Crippen LogP contribution in [0.1, 0.15) is 40.4 Å². The molecule has 66 heavy (non-hydrogen) atoms.